The van der Waals surface area contributed by atoms with Crippen LogP contribution in [0.5, 0.6) is 0 Å². The Balaban J connectivity index is 1.99. The summed E-state index contributed by atoms with van der Waals surface area (Å²) in [6.45, 7) is 4.88. The van der Waals surface area contributed by atoms with Gasteiger partial charge in [-0.25, -0.2) is 0 Å². The van der Waals surface area contributed by atoms with Crippen molar-refractivity contribution in [3.63, 3.8) is 0 Å². The third-order valence-corrected chi connectivity index (χ3v) is 4.51. The highest BCUT2D eigenvalue weighted by Crippen LogP contribution is 2.37. The second-order valence-electron chi connectivity index (χ2n) is 6.11. The van der Waals surface area contributed by atoms with Gasteiger partial charge in [-0.15, -0.1) is 0 Å². The van der Waals surface area contributed by atoms with Crippen molar-refractivity contribution in [3.05, 3.63) is 64.2 Å². The Morgan fingerprint density at radius 3 is 2.57 bits per heavy atom. The van der Waals surface area contributed by atoms with Gasteiger partial charge in [-0.05, 0) is 56.1 Å². The molecule has 0 saturated carbocycles. The summed E-state index contributed by atoms with van der Waals surface area (Å²) >= 11 is 6.03. The van der Waals surface area contributed by atoms with Crippen molar-refractivity contribution in [2.24, 2.45) is 10.8 Å². The van der Waals surface area contributed by atoms with Crippen LogP contribution >= 0.6 is 11.6 Å². The molecule has 0 radical (unpaired) electrons. The minimum Gasteiger partial charge on any atom is -0.330 e. The molecule has 3 nitrogen and oxygen atoms in total. The van der Waals surface area contributed by atoms with Gasteiger partial charge in [-0.2, -0.15) is 5.10 Å². The Kier molecular flexibility index (Phi) is 4.69. The molecule has 3 rings (SSSR count). The Morgan fingerprint density at radius 1 is 1.17 bits per heavy atom. The van der Waals surface area contributed by atoms with Crippen LogP contribution in [0.25, 0.3) is 0 Å². The van der Waals surface area contributed by atoms with Crippen molar-refractivity contribution in [2.75, 3.05) is 11.6 Å². The van der Waals surface area contributed by atoms with Crippen molar-refractivity contribution in [2.45, 2.75) is 32.7 Å². The molecule has 1 atom stereocenters. The van der Waals surface area contributed by atoms with Crippen LogP contribution in [0.1, 0.15) is 35.6 Å². The molecule has 4 heteroatoms. The maximum Gasteiger partial charge on any atom is 0.0828 e. The second kappa shape index (κ2) is 6.73. The predicted octanol–water partition coefficient (Wildman–Crippen LogP) is 4.61. The van der Waals surface area contributed by atoms with Crippen LogP contribution in [0.15, 0.2) is 47.6 Å². The molecule has 1 aliphatic heterocycles. The SMILES string of the molecule is Cc1ccc(N2N=C(CCN)CC2c2ccc(Cl)cc2)c(C)c1. The van der Waals surface area contributed by atoms with E-state index in [2.05, 4.69) is 49.2 Å². The van der Waals surface area contributed by atoms with Crippen LogP contribution in [-0.2, 0) is 0 Å². The molecule has 23 heavy (non-hydrogen) atoms. The van der Waals surface area contributed by atoms with Crippen molar-refractivity contribution in [1.82, 2.24) is 0 Å². The molecule has 0 amide bonds. The number of nitrogens with zero attached hydrogens (tertiary/aromatic N) is 2. The highest BCUT2D eigenvalue weighted by Gasteiger charge is 2.29. The lowest BCUT2D eigenvalue weighted by Gasteiger charge is -2.25. The summed E-state index contributed by atoms with van der Waals surface area (Å²) in [4.78, 5) is 0. The van der Waals surface area contributed by atoms with E-state index in [0.29, 0.717) is 6.54 Å². The van der Waals surface area contributed by atoms with Crippen molar-refractivity contribution in [3.8, 4) is 0 Å². The van der Waals surface area contributed by atoms with Gasteiger partial charge in [0.2, 0.25) is 0 Å². The van der Waals surface area contributed by atoms with E-state index in [-0.39, 0.29) is 6.04 Å². The van der Waals surface area contributed by atoms with Gasteiger partial charge in [0.15, 0.2) is 0 Å². The molecular weight excluding hydrogens is 306 g/mol. The lowest BCUT2D eigenvalue weighted by Crippen LogP contribution is -2.19. The van der Waals surface area contributed by atoms with Gasteiger partial charge in [0.25, 0.3) is 0 Å². The Hall–Kier alpha value is -1.84. The molecule has 2 aromatic carbocycles. The fourth-order valence-corrected chi connectivity index (χ4v) is 3.25. The smallest absolute Gasteiger partial charge is 0.0828 e. The normalized spacial score (nSPS) is 17.5. The first-order valence-corrected chi connectivity index (χ1v) is 8.34. The fourth-order valence-electron chi connectivity index (χ4n) is 3.12. The summed E-state index contributed by atoms with van der Waals surface area (Å²) in [7, 11) is 0. The maximum absolute atomic E-state index is 6.03. The van der Waals surface area contributed by atoms with Gasteiger partial charge in [0.1, 0.15) is 0 Å². The van der Waals surface area contributed by atoms with E-state index < -0.39 is 0 Å². The molecule has 120 valence electrons. The number of hydrogen-bond donors (Lipinski definition) is 1. The second-order valence-corrected chi connectivity index (χ2v) is 6.55. The first kappa shape index (κ1) is 16.0. The lowest BCUT2D eigenvalue weighted by molar-refractivity contribution is 0.705. The molecule has 0 spiro atoms. The number of hydrazone groups is 1. The zero-order valence-corrected chi connectivity index (χ0v) is 14.3. The summed E-state index contributed by atoms with van der Waals surface area (Å²) in [5, 5.41) is 7.75. The molecule has 0 aromatic heterocycles. The summed E-state index contributed by atoms with van der Waals surface area (Å²) < 4.78 is 0. The standard InChI is InChI=1S/C19H22ClN3/c1-13-3-8-18(14(2)11-13)23-19(12-17(22-23)9-10-21)15-4-6-16(20)7-5-15/h3-8,11,19H,9-10,12,21H2,1-2H3. The highest BCUT2D eigenvalue weighted by atomic mass is 35.5. The number of rotatable bonds is 4. The van der Waals surface area contributed by atoms with E-state index in [4.69, 9.17) is 22.4 Å². The lowest BCUT2D eigenvalue weighted by atomic mass is 9.99. The number of aryl methyl sites for hydroxylation is 2. The molecule has 2 aromatic rings. The predicted molar refractivity (Wildman–Crippen MR) is 98.3 cm³/mol. The van der Waals surface area contributed by atoms with Gasteiger partial charge in [0.05, 0.1) is 11.7 Å². The van der Waals surface area contributed by atoms with Gasteiger partial charge in [-0.3, -0.25) is 5.01 Å². The molecule has 0 aliphatic carbocycles. The van der Waals surface area contributed by atoms with Gasteiger partial charge >= 0.3 is 0 Å². The minimum atomic E-state index is 0.204. The molecule has 1 heterocycles. The summed E-state index contributed by atoms with van der Waals surface area (Å²) in [6, 6.07) is 14.8. The van der Waals surface area contributed by atoms with Crippen LogP contribution < -0.4 is 10.7 Å². The molecule has 1 unspecified atom stereocenters. The van der Waals surface area contributed by atoms with Gasteiger partial charge < -0.3 is 5.73 Å². The van der Waals surface area contributed by atoms with Gasteiger partial charge in [0, 0.05) is 17.2 Å². The number of halogens is 1. The van der Waals surface area contributed by atoms with E-state index in [1.807, 2.05) is 12.1 Å². The van der Waals surface area contributed by atoms with E-state index in [1.165, 1.54) is 16.7 Å². The average molecular weight is 328 g/mol. The van der Waals surface area contributed by atoms with Crippen molar-refractivity contribution in [1.29, 1.82) is 0 Å². The minimum absolute atomic E-state index is 0.204. The van der Waals surface area contributed by atoms with Crippen LogP contribution in [0.3, 0.4) is 0 Å². The molecular formula is C19H22ClN3. The molecule has 2 N–H and O–H groups in total. The van der Waals surface area contributed by atoms with Crippen LogP contribution in [-0.4, -0.2) is 12.3 Å². The largest absolute Gasteiger partial charge is 0.330 e. The third-order valence-electron chi connectivity index (χ3n) is 4.26. The monoisotopic (exact) mass is 327 g/mol. The van der Waals surface area contributed by atoms with E-state index in [1.54, 1.807) is 0 Å². The molecule has 0 saturated heterocycles. The molecule has 1 aliphatic rings. The van der Waals surface area contributed by atoms with Crippen molar-refractivity contribution < 1.29 is 0 Å². The Morgan fingerprint density at radius 2 is 1.91 bits per heavy atom. The highest BCUT2D eigenvalue weighted by molar-refractivity contribution is 6.30. The molecule has 0 fully saturated rings. The van der Waals surface area contributed by atoms with E-state index in [9.17, 15) is 0 Å². The Labute approximate surface area is 142 Å². The van der Waals surface area contributed by atoms with Crippen LogP contribution in [0, 0.1) is 13.8 Å². The summed E-state index contributed by atoms with van der Waals surface area (Å²) in [5.74, 6) is 0. The zero-order valence-electron chi connectivity index (χ0n) is 13.6. The first-order valence-electron chi connectivity index (χ1n) is 7.97. The Bertz CT molecular complexity index is 722. The third kappa shape index (κ3) is 3.41. The molecule has 0 bridgehead atoms. The van der Waals surface area contributed by atoms with Crippen molar-refractivity contribution >= 4 is 23.0 Å². The summed E-state index contributed by atoms with van der Waals surface area (Å²) in [5.41, 5.74) is 11.8. The topological polar surface area (TPSA) is 41.6 Å². The van der Waals surface area contributed by atoms with Crippen LogP contribution in [0.2, 0.25) is 5.02 Å². The number of benzene rings is 2. The quantitative estimate of drug-likeness (QED) is 0.890. The van der Waals surface area contributed by atoms with Crippen LogP contribution in [0.4, 0.5) is 5.69 Å². The zero-order chi connectivity index (χ0) is 16.4. The fraction of sp³-hybridized carbons (Fsp3) is 0.316. The van der Waals surface area contributed by atoms with Gasteiger partial charge in [-0.1, -0.05) is 41.4 Å². The first-order chi connectivity index (χ1) is 11.1. The average Bonchev–Trinajstić information content (AvgIpc) is 2.92. The maximum atomic E-state index is 6.03. The van der Waals surface area contributed by atoms with E-state index in [0.717, 1.165) is 29.3 Å². The van der Waals surface area contributed by atoms with E-state index >= 15 is 0 Å². The number of hydrogen-bond acceptors (Lipinski definition) is 3. The number of nitrogens with two attached hydrogens (primary N) is 1. The summed E-state index contributed by atoms with van der Waals surface area (Å²) in [6.07, 6.45) is 1.75. The number of anilines is 1.